The fourth-order valence-electron chi connectivity index (χ4n) is 2.74. The smallest absolute Gasteiger partial charge is 0.276 e. The lowest BCUT2D eigenvalue weighted by molar-refractivity contribution is 0.0958. The predicted molar refractivity (Wildman–Crippen MR) is 108 cm³/mol. The summed E-state index contributed by atoms with van der Waals surface area (Å²) in [5.41, 5.74) is 2.45. The van der Waals surface area contributed by atoms with Gasteiger partial charge in [0.1, 0.15) is 5.75 Å². The Kier molecular flexibility index (Phi) is 5.88. The van der Waals surface area contributed by atoms with E-state index in [0.29, 0.717) is 16.5 Å². The number of nitrogens with one attached hydrogen (secondary N) is 2. The van der Waals surface area contributed by atoms with Crippen LogP contribution in [0.4, 0.5) is 5.69 Å². The second-order valence-electron chi connectivity index (χ2n) is 6.48. The number of ether oxygens (including phenoxy) is 1. The molecule has 0 radical (unpaired) electrons. The molecule has 0 aliphatic rings. The van der Waals surface area contributed by atoms with Crippen LogP contribution in [-0.4, -0.2) is 38.4 Å². The molecule has 0 atom stereocenters. The molecule has 2 heterocycles. The molecule has 0 aliphatic heterocycles. The van der Waals surface area contributed by atoms with Crippen molar-refractivity contribution in [1.82, 2.24) is 24.9 Å². The maximum Gasteiger partial charge on any atom is 0.276 e. The van der Waals surface area contributed by atoms with Gasteiger partial charge in [0.25, 0.3) is 11.8 Å². The van der Waals surface area contributed by atoms with Crippen LogP contribution >= 0.6 is 11.6 Å². The van der Waals surface area contributed by atoms with Gasteiger partial charge >= 0.3 is 0 Å². The Labute approximate surface area is 172 Å². The maximum absolute atomic E-state index is 12.5. The van der Waals surface area contributed by atoms with Gasteiger partial charge in [0, 0.05) is 31.5 Å². The lowest BCUT2D eigenvalue weighted by Crippen LogP contribution is -2.21. The minimum absolute atomic E-state index is 0.125. The summed E-state index contributed by atoms with van der Waals surface area (Å²) >= 11 is 6.16. The van der Waals surface area contributed by atoms with Gasteiger partial charge in [0.2, 0.25) is 0 Å². The third-order valence-corrected chi connectivity index (χ3v) is 4.76. The van der Waals surface area contributed by atoms with Gasteiger partial charge < -0.3 is 15.4 Å². The molecule has 0 bridgehead atoms. The van der Waals surface area contributed by atoms with Crippen molar-refractivity contribution in [2.75, 3.05) is 12.4 Å². The van der Waals surface area contributed by atoms with E-state index in [9.17, 15) is 9.59 Å². The number of carbonyl (C=O) groups excluding carboxylic acids is 2. The van der Waals surface area contributed by atoms with E-state index in [0.717, 1.165) is 11.1 Å². The molecule has 0 unspecified atom stereocenters. The summed E-state index contributed by atoms with van der Waals surface area (Å²) in [6, 6.07) is 5.25. The van der Waals surface area contributed by atoms with E-state index in [-0.39, 0.29) is 18.1 Å². The Bertz CT molecular complexity index is 1050. The number of rotatable bonds is 6. The van der Waals surface area contributed by atoms with Gasteiger partial charge in [-0.2, -0.15) is 10.2 Å². The number of benzene rings is 1. The average Bonchev–Trinajstić information content (AvgIpc) is 3.30. The second-order valence-corrected chi connectivity index (χ2v) is 6.86. The van der Waals surface area contributed by atoms with Crippen LogP contribution in [0.1, 0.15) is 32.1 Å². The number of amides is 2. The van der Waals surface area contributed by atoms with Crippen molar-refractivity contribution in [1.29, 1.82) is 0 Å². The predicted octanol–water partition coefficient (Wildman–Crippen LogP) is 2.54. The first-order chi connectivity index (χ1) is 13.8. The molecule has 1 aromatic carbocycles. The Morgan fingerprint density at radius 2 is 1.86 bits per heavy atom. The molecule has 0 saturated carbocycles. The molecule has 152 valence electrons. The minimum Gasteiger partial charge on any atom is -0.471 e. The van der Waals surface area contributed by atoms with Crippen LogP contribution in [0.5, 0.6) is 5.75 Å². The molecule has 0 spiro atoms. The Morgan fingerprint density at radius 1 is 1.17 bits per heavy atom. The van der Waals surface area contributed by atoms with E-state index in [1.54, 1.807) is 25.5 Å². The number of carbonyl (C=O) groups is 2. The zero-order valence-corrected chi connectivity index (χ0v) is 17.2. The zero-order chi connectivity index (χ0) is 21.1. The monoisotopic (exact) mass is 416 g/mol. The fraction of sp³-hybridized carbons (Fsp3) is 0.263. The Balaban J connectivity index is 1.67. The maximum atomic E-state index is 12.5. The zero-order valence-electron chi connectivity index (χ0n) is 16.5. The van der Waals surface area contributed by atoms with Crippen LogP contribution < -0.4 is 15.4 Å². The SMILES string of the molecule is CNC(=O)c1nn(C)cc1NC(=O)c1ccn(COc2cc(C)c(Cl)c(C)c2)n1. The highest BCUT2D eigenvalue weighted by Gasteiger charge is 2.18. The second kappa shape index (κ2) is 8.36. The van der Waals surface area contributed by atoms with Crippen LogP contribution in [0.3, 0.4) is 0 Å². The molecule has 10 heteroatoms. The average molecular weight is 417 g/mol. The third kappa shape index (κ3) is 4.57. The Morgan fingerprint density at radius 3 is 2.52 bits per heavy atom. The summed E-state index contributed by atoms with van der Waals surface area (Å²) in [7, 11) is 3.16. The first-order valence-corrected chi connectivity index (χ1v) is 9.16. The van der Waals surface area contributed by atoms with Gasteiger partial charge in [-0.05, 0) is 43.2 Å². The van der Waals surface area contributed by atoms with Crippen LogP contribution in [-0.2, 0) is 13.8 Å². The van der Waals surface area contributed by atoms with Crippen molar-refractivity contribution >= 4 is 29.1 Å². The quantitative estimate of drug-likeness (QED) is 0.642. The molecule has 29 heavy (non-hydrogen) atoms. The molecule has 3 rings (SSSR count). The van der Waals surface area contributed by atoms with E-state index in [1.807, 2.05) is 26.0 Å². The highest BCUT2D eigenvalue weighted by Crippen LogP contribution is 2.26. The number of halogens is 1. The van der Waals surface area contributed by atoms with Crippen molar-refractivity contribution in [2.24, 2.45) is 7.05 Å². The number of nitrogens with zero attached hydrogens (tertiary/aromatic N) is 4. The van der Waals surface area contributed by atoms with E-state index in [4.69, 9.17) is 16.3 Å². The first-order valence-electron chi connectivity index (χ1n) is 8.78. The van der Waals surface area contributed by atoms with Gasteiger partial charge in [-0.15, -0.1) is 0 Å². The van der Waals surface area contributed by atoms with Gasteiger partial charge in [0.05, 0.1) is 5.69 Å². The minimum atomic E-state index is -0.458. The van der Waals surface area contributed by atoms with E-state index in [1.165, 1.54) is 16.4 Å². The summed E-state index contributed by atoms with van der Waals surface area (Å²) in [6.07, 6.45) is 3.18. The van der Waals surface area contributed by atoms with E-state index in [2.05, 4.69) is 20.8 Å². The number of aromatic nitrogens is 4. The molecule has 0 fully saturated rings. The molecule has 2 amide bonds. The van der Waals surface area contributed by atoms with Crippen LogP contribution in [0, 0.1) is 13.8 Å². The Hall–Kier alpha value is -3.33. The van der Waals surface area contributed by atoms with Crippen LogP contribution in [0.15, 0.2) is 30.6 Å². The largest absolute Gasteiger partial charge is 0.471 e. The topological polar surface area (TPSA) is 103 Å². The first kappa shape index (κ1) is 20.4. The van der Waals surface area contributed by atoms with Gasteiger partial charge in [-0.25, -0.2) is 4.68 Å². The summed E-state index contributed by atoms with van der Waals surface area (Å²) in [4.78, 5) is 24.4. The van der Waals surface area contributed by atoms with Crippen molar-refractivity contribution in [3.63, 3.8) is 0 Å². The summed E-state index contributed by atoms with van der Waals surface area (Å²) in [6.45, 7) is 3.94. The summed E-state index contributed by atoms with van der Waals surface area (Å²) < 4.78 is 8.68. The van der Waals surface area contributed by atoms with E-state index >= 15 is 0 Å². The van der Waals surface area contributed by atoms with Crippen molar-refractivity contribution < 1.29 is 14.3 Å². The molecular weight excluding hydrogens is 396 g/mol. The highest BCUT2D eigenvalue weighted by molar-refractivity contribution is 6.32. The van der Waals surface area contributed by atoms with Gasteiger partial charge in [-0.3, -0.25) is 14.3 Å². The molecule has 2 aromatic heterocycles. The lowest BCUT2D eigenvalue weighted by Gasteiger charge is -2.10. The molecule has 9 nitrogen and oxygen atoms in total. The van der Waals surface area contributed by atoms with Gasteiger partial charge in [0.15, 0.2) is 18.1 Å². The lowest BCUT2D eigenvalue weighted by atomic mass is 10.1. The van der Waals surface area contributed by atoms with Crippen molar-refractivity contribution in [3.8, 4) is 5.75 Å². The summed E-state index contributed by atoms with van der Waals surface area (Å²) in [5.74, 6) is -0.190. The summed E-state index contributed by atoms with van der Waals surface area (Å²) in [5, 5.41) is 14.1. The molecular formula is C19H21ClN6O3. The normalized spacial score (nSPS) is 10.7. The number of hydrogen-bond acceptors (Lipinski definition) is 5. The van der Waals surface area contributed by atoms with Crippen molar-refractivity contribution in [3.05, 3.63) is 58.1 Å². The molecule has 3 aromatic rings. The molecule has 0 saturated heterocycles. The number of aryl methyl sites for hydroxylation is 3. The number of hydrogen-bond donors (Lipinski definition) is 2. The van der Waals surface area contributed by atoms with E-state index < -0.39 is 11.8 Å². The van der Waals surface area contributed by atoms with Crippen LogP contribution in [0.25, 0.3) is 0 Å². The van der Waals surface area contributed by atoms with Crippen molar-refractivity contribution in [2.45, 2.75) is 20.6 Å². The number of anilines is 1. The van der Waals surface area contributed by atoms with Gasteiger partial charge in [-0.1, -0.05) is 11.6 Å². The molecule has 2 N–H and O–H groups in total. The standard InChI is InChI=1S/C19H21ClN6O3/c1-11-7-13(8-12(2)16(11)20)29-10-26-6-5-14(23-26)18(27)22-15-9-25(4)24-17(15)19(28)21-3/h5-9H,10H2,1-4H3,(H,21,28)(H,22,27). The molecule has 0 aliphatic carbocycles. The highest BCUT2D eigenvalue weighted by atomic mass is 35.5. The third-order valence-electron chi connectivity index (χ3n) is 4.17. The van der Waals surface area contributed by atoms with Crippen LogP contribution in [0.2, 0.25) is 5.02 Å². The fourth-order valence-corrected chi connectivity index (χ4v) is 2.85.